The maximum atomic E-state index is 12.5. The number of carbonyl (C=O) groups is 1. The molecule has 0 atom stereocenters. The van der Waals surface area contributed by atoms with Gasteiger partial charge >= 0.3 is 0 Å². The summed E-state index contributed by atoms with van der Waals surface area (Å²) >= 11 is 0. The molecule has 3 aromatic carbocycles. The molecule has 1 aliphatic carbocycles. The molecule has 4 rings (SSSR count). The normalized spacial score (nSPS) is 13.4. The number of ketones is 1. The Balaban J connectivity index is 1.87. The first-order valence-electron chi connectivity index (χ1n) is 6.67. The summed E-state index contributed by atoms with van der Waals surface area (Å²) in [5, 5.41) is 2.36. The lowest BCUT2D eigenvalue weighted by Crippen LogP contribution is -1.97. The van der Waals surface area contributed by atoms with Crippen molar-refractivity contribution in [3.05, 3.63) is 83.4 Å². The van der Waals surface area contributed by atoms with Crippen LogP contribution in [0.15, 0.2) is 66.7 Å². The second-order valence-corrected chi connectivity index (χ2v) is 5.04. The van der Waals surface area contributed by atoms with E-state index >= 15 is 0 Å². The highest BCUT2D eigenvalue weighted by Crippen LogP contribution is 2.32. The highest BCUT2D eigenvalue weighted by molar-refractivity contribution is 6.37. The molecule has 0 aromatic heterocycles. The summed E-state index contributed by atoms with van der Waals surface area (Å²) in [6.07, 6.45) is 1.99. The molecule has 1 nitrogen and oxygen atoms in total. The highest BCUT2D eigenvalue weighted by Gasteiger charge is 2.22. The number of hydrogen-bond acceptors (Lipinski definition) is 1. The first-order chi connectivity index (χ1) is 9.83. The molecule has 0 amide bonds. The summed E-state index contributed by atoms with van der Waals surface area (Å²) in [7, 11) is 0. The molecule has 0 radical (unpaired) electrons. The standard InChI is InChI=1S/C19H12O/c20-19-17-8-4-3-7-15(17)12-18(19)16-10-9-13-5-1-2-6-14(13)11-16/h1-12H. The fraction of sp³-hybridized carbons (Fsp3) is 0. The lowest BCUT2D eigenvalue weighted by atomic mass is 9.99. The van der Waals surface area contributed by atoms with Crippen LogP contribution in [0.1, 0.15) is 21.5 Å². The molecule has 3 aromatic rings. The van der Waals surface area contributed by atoms with Crippen molar-refractivity contribution in [3.63, 3.8) is 0 Å². The monoisotopic (exact) mass is 256 g/mol. The molecule has 0 bridgehead atoms. The van der Waals surface area contributed by atoms with E-state index < -0.39 is 0 Å². The van der Waals surface area contributed by atoms with Crippen LogP contribution >= 0.6 is 0 Å². The average molecular weight is 256 g/mol. The van der Waals surface area contributed by atoms with Crippen molar-refractivity contribution >= 4 is 28.2 Å². The van der Waals surface area contributed by atoms with Crippen LogP contribution in [0.2, 0.25) is 0 Å². The van der Waals surface area contributed by atoms with E-state index in [1.807, 2.05) is 48.5 Å². The zero-order chi connectivity index (χ0) is 13.5. The molecule has 0 N–H and O–H groups in total. The maximum absolute atomic E-state index is 12.5. The molecule has 0 saturated carbocycles. The molecular formula is C19H12O. The Morgan fingerprint density at radius 3 is 2.30 bits per heavy atom. The fourth-order valence-corrected chi connectivity index (χ4v) is 2.77. The number of hydrogen-bond donors (Lipinski definition) is 0. The first-order valence-corrected chi connectivity index (χ1v) is 6.67. The van der Waals surface area contributed by atoms with Gasteiger partial charge in [0.15, 0.2) is 5.78 Å². The third-order valence-electron chi connectivity index (χ3n) is 3.81. The van der Waals surface area contributed by atoms with Gasteiger partial charge in [0.1, 0.15) is 0 Å². The Labute approximate surface area is 117 Å². The van der Waals surface area contributed by atoms with E-state index in [2.05, 4.69) is 24.3 Å². The van der Waals surface area contributed by atoms with Gasteiger partial charge in [0.05, 0.1) is 0 Å². The van der Waals surface area contributed by atoms with E-state index in [9.17, 15) is 4.79 Å². The minimum atomic E-state index is 0.121. The third kappa shape index (κ3) is 1.60. The molecule has 0 aliphatic heterocycles. The number of allylic oxidation sites excluding steroid dienone is 1. The average Bonchev–Trinajstić information content (AvgIpc) is 2.84. The molecule has 0 saturated heterocycles. The molecule has 1 aliphatic rings. The number of benzene rings is 3. The Morgan fingerprint density at radius 2 is 1.45 bits per heavy atom. The van der Waals surface area contributed by atoms with Gasteiger partial charge in [-0.3, -0.25) is 4.79 Å². The number of rotatable bonds is 1. The summed E-state index contributed by atoms with van der Waals surface area (Å²) in [4.78, 5) is 12.5. The van der Waals surface area contributed by atoms with Gasteiger partial charge in [0.2, 0.25) is 0 Å². The quantitative estimate of drug-likeness (QED) is 0.623. The van der Waals surface area contributed by atoms with Crippen LogP contribution in [0.3, 0.4) is 0 Å². The summed E-state index contributed by atoms with van der Waals surface area (Å²) in [5.74, 6) is 0.121. The Hall–Kier alpha value is -2.67. The number of Topliss-reactive ketones (excluding diaryl/α,β-unsaturated/α-hetero) is 1. The van der Waals surface area contributed by atoms with Crippen LogP contribution in [-0.4, -0.2) is 5.78 Å². The maximum Gasteiger partial charge on any atom is 0.194 e. The largest absolute Gasteiger partial charge is 0.289 e. The molecular weight excluding hydrogens is 244 g/mol. The van der Waals surface area contributed by atoms with E-state index in [4.69, 9.17) is 0 Å². The number of carbonyl (C=O) groups excluding carboxylic acids is 1. The Kier molecular flexibility index (Phi) is 2.33. The second-order valence-electron chi connectivity index (χ2n) is 5.04. The van der Waals surface area contributed by atoms with Crippen molar-refractivity contribution < 1.29 is 4.79 Å². The predicted octanol–water partition coefficient (Wildman–Crippen LogP) is 4.58. The molecule has 0 heterocycles. The summed E-state index contributed by atoms with van der Waals surface area (Å²) in [6.45, 7) is 0. The molecule has 94 valence electrons. The van der Waals surface area contributed by atoms with Crippen LogP contribution in [0.5, 0.6) is 0 Å². The van der Waals surface area contributed by atoms with Crippen molar-refractivity contribution in [1.82, 2.24) is 0 Å². The molecule has 20 heavy (non-hydrogen) atoms. The van der Waals surface area contributed by atoms with E-state index in [-0.39, 0.29) is 5.78 Å². The van der Waals surface area contributed by atoms with Gasteiger partial charge in [0.25, 0.3) is 0 Å². The van der Waals surface area contributed by atoms with Crippen molar-refractivity contribution in [2.24, 2.45) is 0 Å². The lowest BCUT2D eigenvalue weighted by Gasteiger charge is -2.04. The molecule has 0 spiro atoms. The fourth-order valence-electron chi connectivity index (χ4n) is 2.77. The van der Waals surface area contributed by atoms with E-state index in [1.54, 1.807) is 0 Å². The van der Waals surface area contributed by atoms with E-state index in [1.165, 1.54) is 5.39 Å². The smallest absolute Gasteiger partial charge is 0.194 e. The third-order valence-corrected chi connectivity index (χ3v) is 3.81. The number of fused-ring (bicyclic) bond motifs is 2. The first kappa shape index (κ1) is 11.2. The van der Waals surface area contributed by atoms with Crippen molar-refractivity contribution in [3.8, 4) is 0 Å². The SMILES string of the molecule is O=C1C(c2ccc3ccccc3c2)=Cc2ccccc21. The second kappa shape index (κ2) is 4.17. The van der Waals surface area contributed by atoms with Gasteiger partial charge in [-0.05, 0) is 34.0 Å². The van der Waals surface area contributed by atoms with E-state index in [0.29, 0.717) is 0 Å². The Morgan fingerprint density at radius 1 is 0.700 bits per heavy atom. The summed E-state index contributed by atoms with van der Waals surface area (Å²) < 4.78 is 0. The highest BCUT2D eigenvalue weighted by atomic mass is 16.1. The Bertz CT molecular complexity index is 872. The molecule has 0 unspecified atom stereocenters. The summed E-state index contributed by atoms with van der Waals surface area (Å²) in [5.41, 5.74) is 3.60. The van der Waals surface area contributed by atoms with Crippen molar-refractivity contribution in [1.29, 1.82) is 0 Å². The minimum absolute atomic E-state index is 0.121. The molecule has 1 heteroatoms. The van der Waals surface area contributed by atoms with Crippen molar-refractivity contribution in [2.75, 3.05) is 0 Å². The van der Waals surface area contributed by atoms with Crippen LogP contribution < -0.4 is 0 Å². The van der Waals surface area contributed by atoms with Crippen LogP contribution in [0.4, 0.5) is 0 Å². The predicted molar refractivity (Wildman–Crippen MR) is 82.6 cm³/mol. The van der Waals surface area contributed by atoms with Gasteiger partial charge in [-0.15, -0.1) is 0 Å². The van der Waals surface area contributed by atoms with Gasteiger partial charge in [0, 0.05) is 11.1 Å². The van der Waals surface area contributed by atoms with Gasteiger partial charge < -0.3 is 0 Å². The van der Waals surface area contributed by atoms with Crippen LogP contribution in [0, 0.1) is 0 Å². The minimum Gasteiger partial charge on any atom is -0.289 e. The topological polar surface area (TPSA) is 17.1 Å². The van der Waals surface area contributed by atoms with Crippen LogP contribution in [-0.2, 0) is 0 Å². The zero-order valence-electron chi connectivity index (χ0n) is 10.8. The summed E-state index contributed by atoms with van der Waals surface area (Å²) in [6, 6.07) is 22.1. The van der Waals surface area contributed by atoms with Crippen LogP contribution in [0.25, 0.3) is 22.4 Å². The van der Waals surface area contributed by atoms with Crippen molar-refractivity contribution in [2.45, 2.75) is 0 Å². The lowest BCUT2D eigenvalue weighted by molar-refractivity contribution is 0.105. The van der Waals surface area contributed by atoms with Gasteiger partial charge in [-0.1, -0.05) is 60.7 Å². The molecule has 0 fully saturated rings. The zero-order valence-corrected chi connectivity index (χ0v) is 10.8. The van der Waals surface area contributed by atoms with Gasteiger partial charge in [-0.25, -0.2) is 0 Å². The van der Waals surface area contributed by atoms with Gasteiger partial charge in [-0.2, -0.15) is 0 Å². The van der Waals surface area contributed by atoms with E-state index in [0.717, 1.165) is 27.6 Å².